The molecule has 3 N–H and O–H groups in total. The Labute approximate surface area is 157 Å². The minimum absolute atomic E-state index is 0.0487. The number of fused-ring (bicyclic) bond motifs is 2. The summed E-state index contributed by atoms with van der Waals surface area (Å²) in [5.41, 5.74) is 1.98. The van der Waals surface area contributed by atoms with Gasteiger partial charge in [0.05, 0.1) is 5.41 Å². The van der Waals surface area contributed by atoms with Crippen LogP contribution >= 0.6 is 0 Å². The molecule has 2 fully saturated rings. The molecule has 4 rings (SSSR count). The topological polar surface area (TPSA) is 127 Å². The van der Waals surface area contributed by atoms with Crippen LogP contribution < -0.4 is 0 Å². The molecule has 1 aliphatic carbocycles. The number of likely N-dealkylation sites (tertiary alicyclic amines) is 2. The van der Waals surface area contributed by atoms with Crippen LogP contribution in [-0.4, -0.2) is 81.3 Å². The zero-order chi connectivity index (χ0) is 19.6. The standard InChI is InChI=1S/C17H24N4O3.CH2O2/c1-20-8-3-6-17(16(23)24)7-9-21(10-13(17)20)15(22)14-11-4-2-5-12(11)18-19-14;2-1-3/h13H,2-10H2,1H3,(H,18,19)(H,23,24);1H,(H,2,3)/t13-,17+;/m1./s1. The van der Waals surface area contributed by atoms with E-state index in [-0.39, 0.29) is 18.4 Å². The third-order valence-corrected chi connectivity index (χ3v) is 6.25. The van der Waals surface area contributed by atoms with Crippen LogP contribution in [0.1, 0.15) is 47.4 Å². The first-order valence-electron chi connectivity index (χ1n) is 9.31. The number of nitrogens with zero attached hydrogens (tertiary/aromatic N) is 3. The third kappa shape index (κ3) is 3.31. The number of nitrogens with one attached hydrogen (secondary N) is 1. The number of piperidine rings is 2. The second kappa shape index (κ2) is 7.67. The second-order valence-corrected chi connectivity index (χ2v) is 7.55. The predicted octanol–water partition coefficient (Wildman–Crippen LogP) is 0.610. The molecule has 27 heavy (non-hydrogen) atoms. The summed E-state index contributed by atoms with van der Waals surface area (Å²) < 4.78 is 0. The lowest BCUT2D eigenvalue weighted by Crippen LogP contribution is -2.63. The number of aromatic amines is 1. The van der Waals surface area contributed by atoms with E-state index in [0.29, 0.717) is 31.6 Å². The maximum absolute atomic E-state index is 13.0. The first kappa shape index (κ1) is 19.3. The van der Waals surface area contributed by atoms with Gasteiger partial charge in [0.2, 0.25) is 0 Å². The van der Waals surface area contributed by atoms with E-state index >= 15 is 0 Å². The number of carboxylic acid groups (broad SMARTS) is 2. The number of H-pyrrole nitrogens is 1. The van der Waals surface area contributed by atoms with Crippen molar-refractivity contribution in [3.63, 3.8) is 0 Å². The number of likely N-dealkylation sites (N-methyl/N-ethyl adjacent to an activating group) is 1. The fraction of sp³-hybridized carbons (Fsp3) is 0.667. The molecule has 2 atom stereocenters. The van der Waals surface area contributed by atoms with Crippen molar-refractivity contribution in [3.8, 4) is 0 Å². The van der Waals surface area contributed by atoms with Crippen molar-refractivity contribution < 1.29 is 24.6 Å². The van der Waals surface area contributed by atoms with Gasteiger partial charge < -0.3 is 20.0 Å². The van der Waals surface area contributed by atoms with Gasteiger partial charge >= 0.3 is 5.97 Å². The van der Waals surface area contributed by atoms with Crippen molar-refractivity contribution in [2.24, 2.45) is 5.41 Å². The molecule has 2 aliphatic heterocycles. The number of carbonyl (C=O) groups is 3. The van der Waals surface area contributed by atoms with Gasteiger partial charge in [-0.05, 0) is 52.1 Å². The number of aryl methyl sites for hydroxylation is 1. The second-order valence-electron chi connectivity index (χ2n) is 7.55. The highest BCUT2D eigenvalue weighted by atomic mass is 16.4. The minimum Gasteiger partial charge on any atom is -0.483 e. The number of rotatable bonds is 2. The van der Waals surface area contributed by atoms with Gasteiger partial charge in [-0.25, -0.2) is 0 Å². The SMILES string of the molecule is CN1CCC[C@]2(C(=O)O)CCN(C(=O)c3n[nH]c4c3CCC4)C[C@@H]12.O=CO. The molecule has 0 unspecified atom stereocenters. The Morgan fingerprint density at radius 3 is 2.70 bits per heavy atom. The van der Waals surface area contributed by atoms with Crippen molar-refractivity contribution in [3.05, 3.63) is 17.0 Å². The van der Waals surface area contributed by atoms with Gasteiger partial charge in [-0.2, -0.15) is 5.10 Å². The van der Waals surface area contributed by atoms with E-state index in [1.54, 1.807) is 0 Å². The summed E-state index contributed by atoms with van der Waals surface area (Å²) in [7, 11) is 1.97. The van der Waals surface area contributed by atoms with Crippen LogP contribution in [0.3, 0.4) is 0 Å². The van der Waals surface area contributed by atoms with Gasteiger partial charge in [-0.15, -0.1) is 0 Å². The summed E-state index contributed by atoms with van der Waals surface area (Å²) in [6.07, 6.45) is 5.07. The van der Waals surface area contributed by atoms with Gasteiger partial charge in [0.15, 0.2) is 5.69 Å². The van der Waals surface area contributed by atoms with Gasteiger partial charge in [0.1, 0.15) is 0 Å². The lowest BCUT2D eigenvalue weighted by molar-refractivity contribution is -0.161. The van der Waals surface area contributed by atoms with E-state index in [2.05, 4.69) is 15.1 Å². The normalized spacial score (nSPS) is 27.1. The molecule has 3 aliphatic rings. The van der Waals surface area contributed by atoms with Gasteiger partial charge in [0.25, 0.3) is 12.4 Å². The molecule has 0 aromatic carbocycles. The fourth-order valence-corrected chi connectivity index (χ4v) is 4.82. The zero-order valence-corrected chi connectivity index (χ0v) is 15.5. The Morgan fingerprint density at radius 2 is 2.00 bits per heavy atom. The molecule has 9 heteroatoms. The average Bonchev–Trinajstić information content (AvgIpc) is 3.25. The maximum atomic E-state index is 13.0. The number of hydrogen-bond donors (Lipinski definition) is 3. The van der Waals surface area contributed by atoms with Crippen molar-refractivity contribution in [2.45, 2.75) is 44.6 Å². The van der Waals surface area contributed by atoms with E-state index in [0.717, 1.165) is 43.5 Å². The highest BCUT2D eigenvalue weighted by molar-refractivity contribution is 5.94. The highest BCUT2D eigenvalue weighted by Crippen LogP contribution is 2.42. The molecule has 0 bridgehead atoms. The molecule has 0 spiro atoms. The van der Waals surface area contributed by atoms with Crippen molar-refractivity contribution in [2.75, 3.05) is 26.7 Å². The van der Waals surface area contributed by atoms with Crippen molar-refractivity contribution in [1.82, 2.24) is 20.0 Å². The van der Waals surface area contributed by atoms with Crippen LogP contribution in [0.5, 0.6) is 0 Å². The number of aliphatic carboxylic acids is 1. The van der Waals surface area contributed by atoms with Gasteiger partial charge in [-0.3, -0.25) is 19.5 Å². The number of carboxylic acids is 1. The number of hydrogen-bond acceptors (Lipinski definition) is 5. The summed E-state index contributed by atoms with van der Waals surface area (Å²) in [4.78, 5) is 37.2. The Morgan fingerprint density at radius 1 is 1.26 bits per heavy atom. The van der Waals surface area contributed by atoms with Crippen molar-refractivity contribution in [1.29, 1.82) is 0 Å². The Kier molecular flexibility index (Phi) is 5.50. The molecule has 2 saturated heterocycles. The minimum atomic E-state index is -0.716. The molecular formula is C18H26N4O5. The summed E-state index contributed by atoms with van der Waals surface area (Å²) in [5.74, 6) is -0.765. The van der Waals surface area contributed by atoms with E-state index in [9.17, 15) is 14.7 Å². The van der Waals surface area contributed by atoms with Crippen LogP contribution in [0.4, 0.5) is 0 Å². The lowest BCUT2D eigenvalue weighted by atomic mass is 9.68. The highest BCUT2D eigenvalue weighted by Gasteiger charge is 2.53. The predicted molar refractivity (Wildman–Crippen MR) is 95.5 cm³/mol. The summed E-state index contributed by atoms with van der Waals surface area (Å²) in [6.45, 7) is 1.61. The largest absolute Gasteiger partial charge is 0.483 e. The molecule has 3 heterocycles. The van der Waals surface area contributed by atoms with Crippen LogP contribution in [0.25, 0.3) is 0 Å². The van der Waals surface area contributed by atoms with Gasteiger partial charge in [-0.1, -0.05) is 0 Å². The molecule has 1 aromatic rings. The summed E-state index contributed by atoms with van der Waals surface area (Å²) in [5, 5.41) is 24.0. The Hall–Kier alpha value is -2.42. The first-order chi connectivity index (χ1) is 12.9. The van der Waals surface area contributed by atoms with Crippen LogP contribution in [0, 0.1) is 5.41 Å². The molecular weight excluding hydrogens is 352 g/mol. The van der Waals surface area contributed by atoms with E-state index in [1.807, 2.05) is 11.9 Å². The number of aromatic nitrogens is 2. The Bertz CT molecular complexity index is 733. The van der Waals surface area contributed by atoms with Crippen LogP contribution in [-0.2, 0) is 22.4 Å². The molecule has 148 valence electrons. The number of carbonyl (C=O) groups excluding carboxylic acids is 1. The summed E-state index contributed by atoms with van der Waals surface area (Å²) >= 11 is 0. The van der Waals surface area contributed by atoms with E-state index < -0.39 is 11.4 Å². The first-order valence-corrected chi connectivity index (χ1v) is 9.31. The molecule has 0 saturated carbocycles. The number of amides is 1. The maximum Gasteiger partial charge on any atom is 0.311 e. The molecule has 1 aromatic heterocycles. The summed E-state index contributed by atoms with van der Waals surface area (Å²) in [6, 6.07) is -0.117. The smallest absolute Gasteiger partial charge is 0.311 e. The monoisotopic (exact) mass is 378 g/mol. The fourth-order valence-electron chi connectivity index (χ4n) is 4.82. The van der Waals surface area contributed by atoms with Crippen LogP contribution in [0.15, 0.2) is 0 Å². The third-order valence-electron chi connectivity index (χ3n) is 6.25. The molecule has 9 nitrogen and oxygen atoms in total. The van der Waals surface area contributed by atoms with Crippen molar-refractivity contribution >= 4 is 18.3 Å². The zero-order valence-electron chi connectivity index (χ0n) is 15.5. The van der Waals surface area contributed by atoms with Gasteiger partial charge in [0, 0.05) is 30.4 Å². The molecule has 1 amide bonds. The average molecular weight is 378 g/mol. The Balaban J connectivity index is 0.000000659. The quantitative estimate of drug-likeness (QED) is 0.644. The van der Waals surface area contributed by atoms with Crippen LogP contribution in [0.2, 0.25) is 0 Å². The van der Waals surface area contributed by atoms with E-state index in [4.69, 9.17) is 9.90 Å². The van der Waals surface area contributed by atoms with E-state index in [1.165, 1.54) is 0 Å². The molecule has 0 radical (unpaired) electrons. The lowest BCUT2D eigenvalue weighted by Gasteiger charge is -2.51.